The minimum atomic E-state index is -0.445. The molecule has 5 heterocycles. The molecule has 0 saturated carbocycles. The lowest BCUT2D eigenvalue weighted by Gasteiger charge is -2.49. The van der Waals surface area contributed by atoms with Crippen LogP contribution >= 0.6 is 0 Å². The Morgan fingerprint density at radius 2 is 1.41 bits per heavy atom. The molecule has 1 aliphatic carbocycles. The maximum Gasteiger partial charge on any atom is 0.217 e. The number of benzene rings is 1. The number of fused-ring (bicyclic) bond motifs is 1. The van der Waals surface area contributed by atoms with Crippen LogP contribution in [0.1, 0.15) is 46.3 Å². The van der Waals surface area contributed by atoms with Gasteiger partial charge in [-0.1, -0.05) is 42.5 Å². The van der Waals surface area contributed by atoms with E-state index in [0.29, 0.717) is 11.8 Å². The molecule has 5 nitrogen and oxygen atoms in total. The van der Waals surface area contributed by atoms with Gasteiger partial charge >= 0.3 is 0 Å². The van der Waals surface area contributed by atoms with Crippen molar-refractivity contribution in [1.82, 2.24) is 9.97 Å². The summed E-state index contributed by atoms with van der Waals surface area (Å²) >= 11 is 0. The number of ether oxygens (including phenoxy) is 2. The molecular formula is C27H24N3O2+. The Kier molecular flexibility index (Phi) is 4.25. The summed E-state index contributed by atoms with van der Waals surface area (Å²) in [4.78, 5) is 9.21. The number of hydrogen-bond acceptors (Lipinski definition) is 4. The molecule has 158 valence electrons. The first-order chi connectivity index (χ1) is 15.8. The van der Waals surface area contributed by atoms with Crippen molar-refractivity contribution in [3.8, 4) is 11.8 Å². The van der Waals surface area contributed by atoms with E-state index in [4.69, 9.17) is 9.47 Å². The Bertz CT molecular complexity index is 1220. The number of methoxy groups -OCH3 is 2. The van der Waals surface area contributed by atoms with E-state index in [-0.39, 0.29) is 12.0 Å². The summed E-state index contributed by atoms with van der Waals surface area (Å²) in [7, 11) is 3.38. The van der Waals surface area contributed by atoms with Crippen LogP contribution in [0.2, 0.25) is 0 Å². The highest BCUT2D eigenvalue weighted by atomic mass is 16.5. The minimum Gasteiger partial charge on any atom is -0.481 e. The molecule has 0 fully saturated rings. The molecule has 0 saturated heterocycles. The van der Waals surface area contributed by atoms with Gasteiger partial charge in [0.15, 0.2) is 17.9 Å². The maximum absolute atomic E-state index is 5.82. The summed E-state index contributed by atoms with van der Waals surface area (Å²) in [6, 6.07) is 23.8. The van der Waals surface area contributed by atoms with Crippen molar-refractivity contribution in [1.29, 1.82) is 0 Å². The lowest BCUT2D eigenvalue weighted by molar-refractivity contribution is -0.732. The number of hydrogen-bond donors (Lipinski definition) is 0. The lowest BCUT2D eigenvalue weighted by Crippen LogP contribution is -2.60. The Labute approximate surface area is 187 Å². The van der Waals surface area contributed by atoms with Crippen molar-refractivity contribution in [2.75, 3.05) is 14.2 Å². The second-order valence-electron chi connectivity index (χ2n) is 8.41. The maximum atomic E-state index is 5.82. The number of pyridine rings is 3. The first kappa shape index (κ1) is 19.0. The molecule has 5 heteroatoms. The van der Waals surface area contributed by atoms with Gasteiger partial charge in [0.25, 0.3) is 0 Å². The highest BCUT2D eigenvalue weighted by molar-refractivity contribution is 5.58. The Morgan fingerprint density at radius 1 is 0.781 bits per heavy atom. The SMILES string of the molecule is COc1ncccc1C1(c2cccnc2OC)CC2c3ccccc3C1c1cccc[n+]12. The average Bonchev–Trinajstić information content (AvgIpc) is 2.88. The van der Waals surface area contributed by atoms with Gasteiger partial charge in [0.1, 0.15) is 0 Å². The van der Waals surface area contributed by atoms with E-state index in [1.54, 1.807) is 26.6 Å². The lowest BCUT2D eigenvalue weighted by atomic mass is 9.53. The van der Waals surface area contributed by atoms with Crippen LogP contribution in [0.3, 0.4) is 0 Å². The molecule has 7 rings (SSSR count). The summed E-state index contributed by atoms with van der Waals surface area (Å²) in [5.41, 5.74) is 5.68. The quantitative estimate of drug-likeness (QED) is 0.463. The summed E-state index contributed by atoms with van der Waals surface area (Å²) in [5, 5.41) is 0. The molecule has 4 aromatic rings. The highest BCUT2D eigenvalue weighted by Gasteiger charge is 2.61. The Balaban J connectivity index is 1.76. The van der Waals surface area contributed by atoms with Crippen molar-refractivity contribution >= 4 is 0 Å². The van der Waals surface area contributed by atoms with Crippen molar-refractivity contribution in [3.05, 3.63) is 113 Å². The van der Waals surface area contributed by atoms with E-state index < -0.39 is 5.41 Å². The average molecular weight is 423 g/mol. The zero-order valence-corrected chi connectivity index (χ0v) is 18.1. The fraction of sp³-hybridized carbons (Fsp3) is 0.222. The summed E-state index contributed by atoms with van der Waals surface area (Å²) in [5.74, 6) is 1.35. The van der Waals surface area contributed by atoms with Gasteiger partial charge in [-0.3, -0.25) is 0 Å². The van der Waals surface area contributed by atoms with Crippen LogP contribution in [-0.2, 0) is 5.41 Å². The van der Waals surface area contributed by atoms with Crippen LogP contribution in [0.5, 0.6) is 11.8 Å². The van der Waals surface area contributed by atoms with Crippen LogP contribution in [0.4, 0.5) is 0 Å². The third-order valence-corrected chi connectivity index (χ3v) is 7.12. The van der Waals surface area contributed by atoms with Crippen LogP contribution in [0.15, 0.2) is 85.3 Å². The largest absolute Gasteiger partial charge is 0.481 e. The van der Waals surface area contributed by atoms with Crippen LogP contribution in [0.25, 0.3) is 0 Å². The van der Waals surface area contributed by atoms with Crippen molar-refractivity contribution < 1.29 is 14.0 Å². The molecule has 2 bridgehead atoms. The van der Waals surface area contributed by atoms with Crippen LogP contribution in [0, 0.1) is 0 Å². The van der Waals surface area contributed by atoms with Gasteiger partial charge in [0.2, 0.25) is 11.8 Å². The van der Waals surface area contributed by atoms with Crippen LogP contribution < -0.4 is 14.0 Å². The molecular weight excluding hydrogens is 398 g/mol. The second kappa shape index (κ2) is 7.16. The molecule has 0 spiro atoms. The normalized spacial score (nSPS) is 19.7. The zero-order chi connectivity index (χ0) is 21.7. The van der Waals surface area contributed by atoms with Gasteiger partial charge in [0.05, 0.1) is 25.6 Å². The summed E-state index contributed by atoms with van der Waals surface area (Å²) in [6.07, 6.45) is 6.64. The molecule has 3 aromatic heterocycles. The van der Waals surface area contributed by atoms with E-state index >= 15 is 0 Å². The molecule has 2 aliphatic heterocycles. The first-order valence-corrected chi connectivity index (χ1v) is 10.9. The fourth-order valence-electron chi connectivity index (χ4n) is 6.00. The summed E-state index contributed by atoms with van der Waals surface area (Å²) < 4.78 is 14.1. The van der Waals surface area contributed by atoms with Gasteiger partial charge in [-0.2, -0.15) is 4.57 Å². The molecule has 2 unspecified atom stereocenters. The van der Waals surface area contributed by atoms with Crippen molar-refractivity contribution in [2.45, 2.75) is 23.8 Å². The monoisotopic (exact) mass is 422 g/mol. The van der Waals surface area contributed by atoms with E-state index in [1.165, 1.54) is 16.8 Å². The third kappa shape index (κ3) is 2.42. The standard InChI is InChI=1S/C27H24N3O2/c1-31-25-20(11-7-14-28-25)27(21-12-8-15-29-26(21)32-2)17-23-18-9-3-4-10-19(18)24(27)22-13-5-6-16-30(22)23/h3-16,23-24H,17H2,1-2H3/q+1. The number of rotatable bonds is 4. The molecule has 0 radical (unpaired) electrons. The number of aromatic nitrogens is 3. The third-order valence-electron chi connectivity index (χ3n) is 7.12. The smallest absolute Gasteiger partial charge is 0.217 e. The molecule has 3 aliphatic rings. The molecule has 0 amide bonds. The molecule has 0 N–H and O–H groups in total. The van der Waals surface area contributed by atoms with Gasteiger partial charge in [-0.25, -0.2) is 9.97 Å². The predicted molar refractivity (Wildman–Crippen MR) is 120 cm³/mol. The van der Waals surface area contributed by atoms with Gasteiger partial charge in [-0.05, 0) is 17.7 Å². The van der Waals surface area contributed by atoms with E-state index in [0.717, 1.165) is 17.5 Å². The fourth-order valence-corrected chi connectivity index (χ4v) is 6.00. The summed E-state index contributed by atoms with van der Waals surface area (Å²) in [6.45, 7) is 0. The Hall–Kier alpha value is -3.73. The van der Waals surface area contributed by atoms with E-state index in [2.05, 4.69) is 75.3 Å². The van der Waals surface area contributed by atoms with E-state index in [9.17, 15) is 0 Å². The van der Waals surface area contributed by atoms with Gasteiger partial charge < -0.3 is 9.47 Å². The van der Waals surface area contributed by atoms with Gasteiger partial charge in [0, 0.05) is 47.6 Å². The Morgan fingerprint density at radius 3 is 2.06 bits per heavy atom. The molecule has 32 heavy (non-hydrogen) atoms. The predicted octanol–water partition coefficient (Wildman–Crippen LogP) is 4.21. The topological polar surface area (TPSA) is 48.1 Å². The first-order valence-electron chi connectivity index (χ1n) is 10.9. The second-order valence-corrected chi connectivity index (χ2v) is 8.41. The zero-order valence-electron chi connectivity index (χ0n) is 18.1. The highest BCUT2D eigenvalue weighted by Crippen LogP contribution is 2.61. The number of nitrogens with zero attached hydrogens (tertiary/aromatic N) is 3. The van der Waals surface area contributed by atoms with Gasteiger partial charge in [-0.15, -0.1) is 0 Å². The van der Waals surface area contributed by atoms with E-state index in [1.807, 2.05) is 12.1 Å². The molecule has 2 atom stereocenters. The van der Waals surface area contributed by atoms with Crippen molar-refractivity contribution in [3.63, 3.8) is 0 Å². The van der Waals surface area contributed by atoms with Crippen molar-refractivity contribution in [2.24, 2.45) is 0 Å². The van der Waals surface area contributed by atoms with Crippen LogP contribution in [-0.4, -0.2) is 24.2 Å². The molecule has 1 aromatic carbocycles. The minimum absolute atomic E-state index is 0.0566.